The van der Waals surface area contributed by atoms with Gasteiger partial charge in [0.1, 0.15) is 0 Å². The first-order valence-electron chi connectivity index (χ1n) is 4.70. The van der Waals surface area contributed by atoms with Gasteiger partial charge in [0.25, 0.3) is 0 Å². The second kappa shape index (κ2) is 6.39. The van der Waals surface area contributed by atoms with Crippen molar-refractivity contribution in [2.75, 3.05) is 0 Å². The maximum Gasteiger partial charge on any atom is 0.0466 e. The van der Waals surface area contributed by atoms with E-state index in [0.717, 1.165) is 38.0 Å². The number of halogens is 6. The van der Waals surface area contributed by atoms with E-state index in [1.165, 1.54) is 0 Å². The van der Waals surface area contributed by atoms with Gasteiger partial charge in [0, 0.05) is 32.4 Å². The summed E-state index contributed by atoms with van der Waals surface area (Å²) >= 11 is 21.3. The van der Waals surface area contributed by atoms with Crippen molar-refractivity contribution in [3.63, 3.8) is 0 Å². The number of hydrogen-bond donors (Lipinski definition) is 0. The third-order valence-electron chi connectivity index (χ3n) is 2.32. The van der Waals surface area contributed by atoms with E-state index in [1.807, 2.05) is 12.1 Å². The molecule has 0 spiro atoms. The molecule has 0 N–H and O–H groups in total. The lowest BCUT2D eigenvalue weighted by Gasteiger charge is -2.12. The predicted octanol–water partition coefficient (Wildman–Crippen LogP) is 7.93. The van der Waals surface area contributed by atoms with Gasteiger partial charge in [-0.3, -0.25) is 0 Å². The van der Waals surface area contributed by atoms with Gasteiger partial charge in [-0.25, -0.2) is 0 Å². The molecule has 0 unspecified atom stereocenters. The fourth-order valence-corrected chi connectivity index (χ4v) is 5.00. The van der Waals surface area contributed by atoms with Crippen molar-refractivity contribution in [2.24, 2.45) is 0 Å². The van der Waals surface area contributed by atoms with Crippen molar-refractivity contribution in [1.82, 2.24) is 0 Å². The quantitative estimate of drug-likeness (QED) is 0.223. The first-order chi connectivity index (χ1) is 8.41. The van der Waals surface area contributed by atoms with Crippen LogP contribution >= 0.6 is 95.6 Å². The van der Waals surface area contributed by atoms with Crippen molar-refractivity contribution < 1.29 is 0 Å². The Hall–Kier alpha value is 1.32. The summed E-state index contributed by atoms with van der Waals surface area (Å²) in [7, 11) is 0. The van der Waals surface area contributed by atoms with Crippen LogP contribution < -0.4 is 0 Å². The first kappa shape index (κ1) is 15.7. The van der Waals surface area contributed by atoms with Gasteiger partial charge in [0.15, 0.2) is 0 Å². The maximum absolute atomic E-state index is 3.63. The van der Waals surface area contributed by atoms with Crippen molar-refractivity contribution >= 4 is 95.6 Å². The molecule has 6 heteroatoms. The molecule has 0 aliphatic rings. The highest BCUT2D eigenvalue weighted by atomic mass is 79.9. The Morgan fingerprint density at radius 2 is 1.22 bits per heavy atom. The zero-order chi connectivity index (χ0) is 13.4. The SMILES string of the molecule is Brc1ccc(-c2c(Br)cc(Br)c(Br)c2Br)cc1Br. The first-order valence-corrected chi connectivity index (χ1v) is 9.46. The minimum absolute atomic E-state index is 1.000. The smallest absolute Gasteiger partial charge is 0.0466 e. The largest absolute Gasteiger partial charge is 0.0531 e. The average Bonchev–Trinajstić information content (AvgIpc) is 2.31. The molecule has 0 bridgehead atoms. The van der Waals surface area contributed by atoms with E-state index in [0.29, 0.717) is 0 Å². The lowest BCUT2D eigenvalue weighted by molar-refractivity contribution is 1.47. The van der Waals surface area contributed by atoms with Crippen LogP contribution in [0.15, 0.2) is 51.1 Å². The van der Waals surface area contributed by atoms with Gasteiger partial charge in [0.05, 0.1) is 0 Å². The molecule has 0 heterocycles. The Morgan fingerprint density at radius 3 is 1.83 bits per heavy atom. The van der Waals surface area contributed by atoms with Gasteiger partial charge < -0.3 is 0 Å². The summed E-state index contributed by atoms with van der Waals surface area (Å²) in [5.41, 5.74) is 2.23. The summed E-state index contributed by atoms with van der Waals surface area (Å²) in [6.45, 7) is 0. The van der Waals surface area contributed by atoms with Crippen molar-refractivity contribution in [1.29, 1.82) is 0 Å². The minimum Gasteiger partial charge on any atom is -0.0531 e. The van der Waals surface area contributed by atoms with E-state index in [-0.39, 0.29) is 0 Å². The summed E-state index contributed by atoms with van der Waals surface area (Å²) < 4.78 is 6.10. The lowest BCUT2D eigenvalue weighted by Crippen LogP contribution is -1.86. The Balaban J connectivity index is 2.71. The number of hydrogen-bond acceptors (Lipinski definition) is 0. The fraction of sp³-hybridized carbons (Fsp3) is 0. The molecule has 0 saturated heterocycles. The van der Waals surface area contributed by atoms with Crippen LogP contribution in [0, 0.1) is 0 Å². The zero-order valence-electron chi connectivity index (χ0n) is 8.58. The maximum atomic E-state index is 3.63. The van der Waals surface area contributed by atoms with Crippen LogP contribution in [0.1, 0.15) is 0 Å². The third kappa shape index (κ3) is 3.14. The normalized spacial score (nSPS) is 10.8. The highest BCUT2D eigenvalue weighted by molar-refractivity contribution is 9.14. The molecule has 2 aromatic carbocycles. The van der Waals surface area contributed by atoms with Crippen molar-refractivity contribution in [3.05, 3.63) is 51.1 Å². The molecule has 0 aromatic heterocycles. The molecule has 0 nitrogen and oxygen atoms in total. The molecule has 0 fully saturated rings. The molecule has 0 radical (unpaired) electrons. The molecule has 0 atom stereocenters. The van der Waals surface area contributed by atoms with Crippen LogP contribution in [-0.2, 0) is 0 Å². The van der Waals surface area contributed by atoms with E-state index in [1.54, 1.807) is 0 Å². The van der Waals surface area contributed by atoms with E-state index < -0.39 is 0 Å². The summed E-state index contributed by atoms with van der Waals surface area (Å²) in [6, 6.07) is 8.20. The number of benzene rings is 2. The Bertz CT molecular complexity index is 620. The van der Waals surface area contributed by atoms with Crippen LogP contribution in [0.25, 0.3) is 11.1 Å². The Labute approximate surface area is 156 Å². The minimum atomic E-state index is 1.000. The second-order valence-electron chi connectivity index (χ2n) is 3.47. The fourth-order valence-electron chi connectivity index (χ4n) is 1.48. The lowest BCUT2D eigenvalue weighted by atomic mass is 10.1. The highest BCUT2D eigenvalue weighted by Gasteiger charge is 2.14. The standard InChI is InChI=1S/C12H4Br6/c13-6-2-1-5(3-7(6)14)10-8(15)4-9(16)11(17)12(10)18/h1-4H. The molecule has 0 aliphatic heterocycles. The van der Waals surface area contributed by atoms with Crippen molar-refractivity contribution in [3.8, 4) is 11.1 Å². The van der Waals surface area contributed by atoms with Gasteiger partial charge in [0.2, 0.25) is 0 Å². The van der Waals surface area contributed by atoms with Crippen molar-refractivity contribution in [2.45, 2.75) is 0 Å². The highest BCUT2D eigenvalue weighted by Crippen LogP contribution is 2.44. The van der Waals surface area contributed by atoms with E-state index in [4.69, 9.17) is 0 Å². The Morgan fingerprint density at radius 1 is 0.556 bits per heavy atom. The molecule has 18 heavy (non-hydrogen) atoms. The summed E-state index contributed by atoms with van der Waals surface area (Å²) in [5.74, 6) is 0. The van der Waals surface area contributed by atoms with Crippen LogP contribution in [-0.4, -0.2) is 0 Å². The molecule has 0 aliphatic carbocycles. The van der Waals surface area contributed by atoms with Gasteiger partial charge in [-0.2, -0.15) is 0 Å². The second-order valence-corrected chi connectivity index (χ2v) is 8.48. The third-order valence-corrected chi connectivity index (χ3v) is 8.13. The molecule has 2 rings (SSSR count). The van der Waals surface area contributed by atoms with Gasteiger partial charge >= 0.3 is 0 Å². The summed E-state index contributed by atoms with van der Waals surface area (Å²) in [4.78, 5) is 0. The zero-order valence-corrected chi connectivity index (χ0v) is 18.1. The molecule has 94 valence electrons. The molecule has 2 aromatic rings. The van der Waals surface area contributed by atoms with E-state index in [9.17, 15) is 0 Å². The van der Waals surface area contributed by atoms with Crippen LogP contribution in [0.5, 0.6) is 0 Å². The average molecular weight is 628 g/mol. The Kier molecular flexibility index (Phi) is 5.58. The van der Waals surface area contributed by atoms with Crippen LogP contribution in [0.2, 0.25) is 0 Å². The summed E-state index contributed by atoms with van der Waals surface area (Å²) in [5, 5.41) is 0. The molecule has 0 saturated carbocycles. The van der Waals surface area contributed by atoms with E-state index >= 15 is 0 Å². The number of rotatable bonds is 1. The van der Waals surface area contributed by atoms with Gasteiger partial charge in [-0.1, -0.05) is 22.0 Å². The monoisotopic (exact) mass is 622 g/mol. The van der Waals surface area contributed by atoms with E-state index in [2.05, 4.69) is 108 Å². The topological polar surface area (TPSA) is 0 Å². The van der Waals surface area contributed by atoms with Crippen LogP contribution in [0.4, 0.5) is 0 Å². The van der Waals surface area contributed by atoms with Crippen LogP contribution in [0.3, 0.4) is 0 Å². The molecular weight excluding hydrogens is 624 g/mol. The van der Waals surface area contributed by atoms with Gasteiger partial charge in [-0.05, 0) is 103 Å². The van der Waals surface area contributed by atoms with Gasteiger partial charge in [-0.15, -0.1) is 0 Å². The molecule has 0 amide bonds. The molecular formula is C12H4Br6. The summed E-state index contributed by atoms with van der Waals surface area (Å²) in [6.07, 6.45) is 0. The predicted molar refractivity (Wildman–Crippen MR) is 98.1 cm³/mol.